The average molecular weight is 378 g/mol. The third-order valence-corrected chi connectivity index (χ3v) is 3.92. The van der Waals surface area contributed by atoms with E-state index >= 15 is 0 Å². The normalized spacial score (nSPS) is 10.7. The Balaban J connectivity index is 1.87. The summed E-state index contributed by atoms with van der Waals surface area (Å²) in [6.07, 6.45) is 5.38. The fourth-order valence-corrected chi connectivity index (χ4v) is 2.55. The molecular formula is C22H26N4O2. The number of hydrogen-bond donors (Lipinski definition) is 3. The first-order valence-electron chi connectivity index (χ1n) is 9.09. The van der Waals surface area contributed by atoms with Gasteiger partial charge in [-0.1, -0.05) is 24.1 Å². The summed E-state index contributed by atoms with van der Waals surface area (Å²) in [5, 5.41) is 8.99. The Labute approximate surface area is 166 Å². The van der Waals surface area contributed by atoms with Crippen molar-refractivity contribution in [2.24, 2.45) is 4.99 Å². The largest absolute Gasteiger partial charge is 0.494 e. The van der Waals surface area contributed by atoms with Crippen molar-refractivity contribution < 1.29 is 9.53 Å². The van der Waals surface area contributed by atoms with Crippen LogP contribution in [-0.2, 0) is 11.3 Å². The molecule has 0 aliphatic heterocycles. The van der Waals surface area contributed by atoms with Gasteiger partial charge >= 0.3 is 0 Å². The summed E-state index contributed by atoms with van der Waals surface area (Å²) < 4.78 is 5.69. The van der Waals surface area contributed by atoms with Crippen molar-refractivity contribution in [3.05, 3.63) is 59.2 Å². The third kappa shape index (κ3) is 6.36. The van der Waals surface area contributed by atoms with E-state index in [2.05, 4.69) is 26.9 Å². The minimum absolute atomic E-state index is 0.0756. The minimum Gasteiger partial charge on any atom is -0.494 e. The molecule has 0 heterocycles. The van der Waals surface area contributed by atoms with Gasteiger partial charge in [0.1, 0.15) is 5.75 Å². The predicted molar refractivity (Wildman–Crippen MR) is 114 cm³/mol. The summed E-state index contributed by atoms with van der Waals surface area (Å²) >= 11 is 0. The summed E-state index contributed by atoms with van der Waals surface area (Å²) in [5.74, 6) is 3.72. The van der Waals surface area contributed by atoms with E-state index in [9.17, 15) is 4.79 Å². The van der Waals surface area contributed by atoms with Crippen molar-refractivity contribution in [2.75, 3.05) is 25.5 Å². The van der Waals surface area contributed by atoms with Crippen molar-refractivity contribution in [3.63, 3.8) is 0 Å². The Morgan fingerprint density at radius 1 is 1.21 bits per heavy atom. The summed E-state index contributed by atoms with van der Waals surface area (Å²) in [5.41, 5.74) is 3.53. The molecule has 2 aromatic carbocycles. The lowest BCUT2D eigenvalue weighted by atomic mass is 10.1. The van der Waals surface area contributed by atoms with Crippen LogP contribution in [0.5, 0.6) is 5.75 Å². The van der Waals surface area contributed by atoms with Crippen molar-refractivity contribution in [2.45, 2.75) is 20.4 Å². The Morgan fingerprint density at radius 2 is 2.04 bits per heavy atom. The minimum atomic E-state index is -0.192. The van der Waals surface area contributed by atoms with E-state index in [1.54, 1.807) is 31.3 Å². The van der Waals surface area contributed by atoms with Crippen molar-refractivity contribution in [1.82, 2.24) is 10.6 Å². The molecule has 0 atom stereocenters. The number of benzene rings is 2. The van der Waals surface area contributed by atoms with Crippen LogP contribution in [0.1, 0.15) is 23.6 Å². The Kier molecular flexibility index (Phi) is 7.92. The summed E-state index contributed by atoms with van der Waals surface area (Å²) in [6, 6.07) is 13.2. The maximum atomic E-state index is 12.2. The highest BCUT2D eigenvalue weighted by Gasteiger charge is 2.07. The van der Waals surface area contributed by atoms with Crippen LogP contribution in [0.15, 0.2) is 47.5 Å². The lowest BCUT2D eigenvalue weighted by Gasteiger charge is -2.15. The molecule has 0 bridgehead atoms. The molecule has 6 heteroatoms. The van der Waals surface area contributed by atoms with Crippen LogP contribution in [0.2, 0.25) is 0 Å². The van der Waals surface area contributed by atoms with E-state index in [1.165, 1.54) is 0 Å². The SMILES string of the molecule is C#Cc1cccc(NC(=O)CNC(=NC)NCc2ccc(C)cc2OCC)c1. The molecule has 2 aromatic rings. The topological polar surface area (TPSA) is 74.8 Å². The number of amides is 1. The second-order valence-electron chi connectivity index (χ2n) is 6.10. The van der Waals surface area contributed by atoms with Crippen LogP contribution in [0.25, 0.3) is 0 Å². The summed E-state index contributed by atoms with van der Waals surface area (Å²) in [7, 11) is 1.65. The highest BCUT2D eigenvalue weighted by atomic mass is 16.5. The van der Waals surface area contributed by atoms with Crippen molar-refractivity contribution >= 4 is 17.6 Å². The molecule has 0 saturated heterocycles. The first-order chi connectivity index (χ1) is 13.5. The maximum absolute atomic E-state index is 12.2. The molecule has 0 aliphatic carbocycles. The summed E-state index contributed by atoms with van der Waals surface area (Å²) in [4.78, 5) is 16.3. The second-order valence-corrected chi connectivity index (χ2v) is 6.10. The fourth-order valence-electron chi connectivity index (χ4n) is 2.55. The van der Waals surface area contributed by atoms with Crippen LogP contribution in [0.4, 0.5) is 5.69 Å². The molecule has 0 aliphatic rings. The number of anilines is 1. The third-order valence-electron chi connectivity index (χ3n) is 3.92. The van der Waals surface area contributed by atoms with Gasteiger partial charge in [0.05, 0.1) is 13.2 Å². The van der Waals surface area contributed by atoms with E-state index in [1.807, 2.05) is 32.0 Å². The summed E-state index contributed by atoms with van der Waals surface area (Å²) in [6.45, 7) is 5.19. The van der Waals surface area contributed by atoms with E-state index in [-0.39, 0.29) is 12.5 Å². The monoisotopic (exact) mass is 378 g/mol. The number of carbonyl (C=O) groups excluding carboxylic acids is 1. The van der Waals surface area contributed by atoms with Gasteiger partial charge in [0, 0.05) is 30.4 Å². The van der Waals surface area contributed by atoms with Gasteiger partial charge in [-0.3, -0.25) is 9.79 Å². The van der Waals surface area contributed by atoms with Crippen LogP contribution < -0.4 is 20.7 Å². The molecule has 146 valence electrons. The number of hydrogen-bond acceptors (Lipinski definition) is 3. The lowest BCUT2D eigenvalue weighted by Crippen LogP contribution is -2.41. The maximum Gasteiger partial charge on any atom is 0.243 e. The van der Waals surface area contributed by atoms with Crippen LogP contribution in [0.3, 0.4) is 0 Å². The molecule has 6 nitrogen and oxygen atoms in total. The van der Waals surface area contributed by atoms with Crippen LogP contribution in [0, 0.1) is 19.3 Å². The molecule has 1 amide bonds. The Bertz CT molecular complexity index is 884. The average Bonchev–Trinajstić information content (AvgIpc) is 2.69. The number of aliphatic imine (C=N–C) groups is 1. The molecule has 2 rings (SSSR count). The standard InChI is InChI=1S/C22H26N4O2/c1-5-17-8-7-9-19(13-17)26-21(27)15-25-22(23-4)24-14-18-11-10-16(3)12-20(18)28-6-2/h1,7-13H,6,14-15H2,2-4H3,(H,26,27)(H2,23,24,25). The number of terminal acetylenes is 1. The number of rotatable bonds is 7. The van der Waals surface area contributed by atoms with Gasteiger partial charge in [-0.25, -0.2) is 0 Å². The van der Waals surface area contributed by atoms with Gasteiger partial charge in [0.25, 0.3) is 0 Å². The number of guanidine groups is 1. The molecule has 0 unspecified atom stereocenters. The highest BCUT2D eigenvalue weighted by molar-refractivity contribution is 5.95. The first-order valence-corrected chi connectivity index (χ1v) is 9.09. The zero-order valence-corrected chi connectivity index (χ0v) is 16.5. The van der Waals surface area contributed by atoms with Gasteiger partial charge in [0.2, 0.25) is 5.91 Å². The smallest absolute Gasteiger partial charge is 0.243 e. The highest BCUT2D eigenvalue weighted by Crippen LogP contribution is 2.20. The second kappa shape index (κ2) is 10.6. The fraction of sp³-hybridized carbons (Fsp3) is 0.273. The number of aryl methyl sites for hydroxylation is 1. The zero-order valence-electron chi connectivity index (χ0n) is 16.5. The number of nitrogens with zero attached hydrogens (tertiary/aromatic N) is 1. The van der Waals surface area contributed by atoms with Crippen molar-refractivity contribution in [3.8, 4) is 18.1 Å². The van der Waals surface area contributed by atoms with E-state index in [0.29, 0.717) is 30.4 Å². The van der Waals surface area contributed by atoms with Gasteiger partial charge < -0.3 is 20.7 Å². The van der Waals surface area contributed by atoms with Crippen molar-refractivity contribution in [1.29, 1.82) is 0 Å². The predicted octanol–water partition coefficient (Wildman–Crippen LogP) is 2.68. The molecular weight excluding hydrogens is 352 g/mol. The number of nitrogens with one attached hydrogen (secondary N) is 3. The molecule has 0 radical (unpaired) electrons. The van der Waals surface area contributed by atoms with Crippen LogP contribution >= 0.6 is 0 Å². The van der Waals surface area contributed by atoms with Gasteiger partial charge in [-0.15, -0.1) is 6.42 Å². The van der Waals surface area contributed by atoms with Crippen LogP contribution in [-0.4, -0.2) is 32.1 Å². The van der Waals surface area contributed by atoms with E-state index in [4.69, 9.17) is 11.2 Å². The molecule has 0 saturated carbocycles. The molecule has 28 heavy (non-hydrogen) atoms. The van der Waals surface area contributed by atoms with Gasteiger partial charge in [-0.2, -0.15) is 0 Å². The molecule has 0 aromatic heterocycles. The Hall–Kier alpha value is -3.46. The lowest BCUT2D eigenvalue weighted by molar-refractivity contribution is -0.115. The van der Waals surface area contributed by atoms with E-state index < -0.39 is 0 Å². The van der Waals surface area contributed by atoms with E-state index in [0.717, 1.165) is 16.9 Å². The number of carbonyl (C=O) groups is 1. The Morgan fingerprint density at radius 3 is 2.75 bits per heavy atom. The first kappa shape index (κ1) is 20.8. The molecule has 0 spiro atoms. The molecule has 0 fully saturated rings. The van der Waals surface area contributed by atoms with Gasteiger partial charge in [0.15, 0.2) is 5.96 Å². The zero-order chi connectivity index (χ0) is 20.4. The quantitative estimate of drug-likeness (QED) is 0.393. The van der Waals surface area contributed by atoms with Gasteiger partial charge in [-0.05, 0) is 43.7 Å². The number of ether oxygens (including phenoxy) is 1. The molecule has 3 N–H and O–H groups in total.